The number of ether oxygens (including phenoxy) is 1. The lowest BCUT2D eigenvalue weighted by molar-refractivity contribution is -0.130. The van der Waals surface area contributed by atoms with Crippen molar-refractivity contribution in [2.24, 2.45) is 5.92 Å². The van der Waals surface area contributed by atoms with Crippen LogP contribution in [0.1, 0.15) is 50.7 Å². The van der Waals surface area contributed by atoms with E-state index in [1.165, 1.54) is 10.4 Å². The summed E-state index contributed by atoms with van der Waals surface area (Å²) in [6.45, 7) is 3.60. The summed E-state index contributed by atoms with van der Waals surface area (Å²) in [5, 5.41) is 20.5. The van der Waals surface area contributed by atoms with Crippen LogP contribution in [0.4, 0.5) is 0 Å². The number of aliphatic hydroxyl groups is 2. The molecule has 1 aliphatic carbocycles. The molecule has 1 saturated carbocycles. The van der Waals surface area contributed by atoms with Crippen molar-refractivity contribution >= 4 is 15.9 Å². The minimum Gasteiger partial charge on any atom is -0.487 e. The van der Waals surface area contributed by atoms with Gasteiger partial charge in [0.1, 0.15) is 22.4 Å². The van der Waals surface area contributed by atoms with Crippen LogP contribution in [0.3, 0.4) is 0 Å². The molecule has 210 valence electrons. The molecular weight excluding hydrogens is 516 g/mol. The van der Waals surface area contributed by atoms with Crippen LogP contribution < -0.4 is 4.74 Å². The molecule has 3 atom stereocenters. The number of nitrogens with zero attached hydrogens (tertiary/aromatic N) is 2. The van der Waals surface area contributed by atoms with Gasteiger partial charge in [0.05, 0.1) is 19.6 Å². The summed E-state index contributed by atoms with van der Waals surface area (Å²) in [5.74, 6) is 5.75. The third kappa shape index (κ3) is 6.82. The predicted octanol–water partition coefficient (Wildman–Crippen LogP) is 2.81. The van der Waals surface area contributed by atoms with Crippen molar-refractivity contribution in [3.63, 3.8) is 0 Å². The number of sulfonamides is 1. The van der Waals surface area contributed by atoms with Gasteiger partial charge in [-0.2, -0.15) is 4.31 Å². The quantitative estimate of drug-likeness (QED) is 0.532. The largest absolute Gasteiger partial charge is 0.487 e. The fourth-order valence-electron chi connectivity index (χ4n) is 5.07. The highest BCUT2D eigenvalue weighted by Crippen LogP contribution is 2.34. The van der Waals surface area contributed by atoms with E-state index in [2.05, 4.69) is 11.8 Å². The van der Waals surface area contributed by atoms with Crippen LogP contribution in [0.2, 0.25) is 0 Å². The van der Waals surface area contributed by atoms with Gasteiger partial charge in [-0.05, 0) is 56.4 Å². The lowest BCUT2D eigenvalue weighted by Crippen LogP contribution is -2.50. The first kappa shape index (κ1) is 29.1. The Bertz CT molecular complexity index is 1330. The number of benzene rings is 2. The SMILES string of the molecule is C[C@H](CO)N1C[C@H](C)[C@H](CN(C)C(=O)Cc2ccccc2)Oc2cc(C#CC3(O)CCCC3)ccc2S1(=O)=O. The van der Waals surface area contributed by atoms with Gasteiger partial charge in [-0.3, -0.25) is 4.79 Å². The van der Waals surface area contributed by atoms with E-state index in [0.29, 0.717) is 18.4 Å². The molecule has 1 aliphatic heterocycles. The van der Waals surface area contributed by atoms with Crippen molar-refractivity contribution in [3.8, 4) is 17.6 Å². The van der Waals surface area contributed by atoms with Gasteiger partial charge in [0.15, 0.2) is 0 Å². The van der Waals surface area contributed by atoms with E-state index >= 15 is 0 Å². The summed E-state index contributed by atoms with van der Waals surface area (Å²) >= 11 is 0. The maximum absolute atomic E-state index is 13.7. The van der Waals surface area contributed by atoms with Crippen molar-refractivity contribution in [3.05, 3.63) is 59.7 Å². The fourth-order valence-corrected chi connectivity index (χ4v) is 6.90. The lowest BCUT2D eigenvalue weighted by Gasteiger charge is -2.37. The van der Waals surface area contributed by atoms with E-state index in [-0.39, 0.29) is 48.6 Å². The second kappa shape index (κ2) is 12.1. The van der Waals surface area contributed by atoms with Crippen LogP contribution in [-0.2, 0) is 21.2 Å². The molecule has 0 aromatic heterocycles. The van der Waals surface area contributed by atoms with Gasteiger partial charge in [-0.15, -0.1) is 0 Å². The smallest absolute Gasteiger partial charge is 0.247 e. The molecule has 2 aliphatic rings. The molecule has 1 heterocycles. The van der Waals surface area contributed by atoms with E-state index in [4.69, 9.17) is 4.74 Å². The van der Waals surface area contributed by atoms with Gasteiger partial charge < -0.3 is 19.8 Å². The number of hydrogen-bond acceptors (Lipinski definition) is 6. The van der Waals surface area contributed by atoms with Crippen LogP contribution in [0.15, 0.2) is 53.4 Å². The molecule has 2 aromatic rings. The second-order valence-electron chi connectivity index (χ2n) is 10.8. The number of likely N-dealkylation sites (N-methyl/N-ethyl adjacent to an activating group) is 1. The van der Waals surface area contributed by atoms with Crippen LogP contribution in [-0.4, -0.2) is 78.2 Å². The van der Waals surface area contributed by atoms with Gasteiger partial charge in [0.2, 0.25) is 15.9 Å². The van der Waals surface area contributed by atoms with Gasteiger partial charge in [-0.1, -0.05) is 49.1 Å². The molecule has 0 spiro atoms. The summed E-state index contributed by atoms with van der Waals surface area (Å²) in [6.07, 6.45) is 2.82. The average molecular weight is 555 g/mol. The van der Waals surface area contributed by atoms with Crippen LogP contribution in [0.5, 0.6) is 5.75 Å². The molecule has 0 saturated heterocycles. The van der Waals surface area contributed by atoms with E-state index in [1.807, 2.05) is 37.3 Å². The zero-order valence-electron chi connectivity index (χ0n) is 22.8. The van der Waals surface area contributed by atoms with E-state index in [9.17, 15) is 23.4 Å². The number of hydrogen-bond donors (Lipinski definition) is 2. The third-order valence-electron chi connectivity index (χ3n) is 7.62. The lowest BCUT2D eigenvalue weighted by atomic mass is 10.0. The van der Waals surface area contributed by atoms with Crippen LogP contribution in [0.25, 0.3) is 0 Å². The van der Waals surface area contributed by atoms with E-state index in [0.717, 1.165) is 18.4 Å². The Balaban J connectivity index is 1.66. The molecule has 9 heteroatoms. The molecular formula is C30H38N2O6S. The Labute approximate surface area is 231 Å². The molecule has 2 aromatic carbocycles. The van der Waals surface area contributed by atoms with Crippen molar-refractivity contribution in [2.45, 2.75) is 68.6 Å². The third-order valence-corrected chi connectivity index (χ3v) is 9.63. The summed E-state index contributed by atoms with van der Waals surface area (Å²) in [5.41, 5.74) is 0.419. The summed E-state index contributed by atoms with van der Waals surface area (Å²) in [6, 6.07) is 13.5. The second-order valence-corrected chi connectivity index (χ2v) is 12.7. The Kier molecular flexibility index (Phi) is 9.02. The Morgan fingerprint density at radius 1 is 1.21 bits per heavy atom. The van der Waals surface area contributed by atoms with Gasteiger partial charge >= 0.3 is 0 Å². The zero-order valence-corrected chi connectivity index (χ0v) is 23.7. The maximum atomic E-state index is 13.7. The standard InChI is InChI=1S/C30H38N2O6S/c1-22-19-32(23(2)21-33)39(36,37)28-12-11-25(13-16-30(35)14-7-8-15-30)17-26(28)38-27(22)20-31(3)29(34)18-24-9-5-4-6-10-24/h4-6,9-12,17,22-23,27,33,35H,7-8,14-15,18-21H2,1-3H3/t22-,23+,27-/m0/s1. The molecule has 0 bridgehead atoms. The number of carbonyl (C=O) groups is 1. The summed E-state index contributed by atoms with van der Waals surface area (Å²) in [4.78, 5) is 14.6. The zero-order chi connectivity index (χ0) is 28.2. The normalized spacial score (nSPS) is 22.8. The highest BCUT2D eigenvalue weighted by molar-refractivity contribution is 7.89. The number of rotatable bonds is 6. The minimum atomic E-state index is -3.99. The predicted molar refractivity (Wildman–Crippen MR) is 149 cm³/mol. The molecule has 2 N–H and O–H groups in total. The molecule has 1 fully saturated rings. The highest BCUT2D eigenvalue weighted by atomic mass is 32.2. The van der Waals surface area contributed by atoms with Gasteiger partial charge in [0, 0.05) is 31.1 Å². The highest BCUT2D eigenvalue weighted by Gasteiger charge is 2.38. The number of amides is 1. The maximum Gasteiger partial charge on any atom is 0.247 e. The number of aliphatic hydroxyl groups excluding tert-OH is 1. The Morgan fingerprint density at radius 2 is 1.90 bits per heavy atom. The fraction of sp³-hybridized carbons (Fsp3) is 0.500. The van der Waals surface area contributed by atoms with E-state index in [1.54, 1.807) is 31.0 Å². The van der Waals surface area contributed by atoms with Crippen LogP contribution >= 0.6 is 0 Å². The molecule has 4 rings (SSSR count). The topological polar surface area (TPSA) is 107 Å². The first-order valence-electron chi connectivity index (χ1n) is 13.5. The Hall–Kier alpha value is -2.90. The van der Waals surface area contributed by atoms with E-state index < -0.39 is 27.8 Å². The van der Waals surface area contributed by atoms with Crippen molar-refractivity contribution < 1.29 is 28.2 Å². The summed E-state index contributed by atoms with van der Waals surface area (Å²) < 4.78 is 35.0. The molecule has 1 amide bonds. The average Bonchev–Trinajstić information content (AvgIpc) is 3.36. The summed E-state index contributed by atoms with van der Waals surface area (Å²) in [7, 11) is -2.27. The van der Waals surface area contributed by atoms with Crippen LogP contribution in [0, 0.1) is 17.8 Å². The van der Waals surface area contributed by atoms with Crippen molar-refractivity contribution in [2.75, 3.05) is 26.7 Å². The molecule has 39 heavy (non-hydrogen) atoms. The monoisotopic (exact) mass is 554 g/mol. The number of carbonyl (C=O) groups excluding carboxylic acids is 1. The molecule has 8 nitrogen and oxygen atoms in total. The van der Waals surface area contributed by atoms with Gasteiger partial charge in [-0.25, -0.2) is 8.42 Å². The molecule has 0 unspecified atom stereocenters. The first-order chi connectivity index (χ1) is 18.5. The minimum absolute atomic E-state index is 0.0110. The van der Waals surface area contributed by atoms with Crippen molar-refractivity contribution in [1.29, 1.82) is 0 Å². The van der Waals surface area contributed by atoms with Gasteiger partial charge in [0.25, 0.3) is 0 Å². The first-order valence-corrected chi connectivity index (χ1v) is 14.9. The van der Waals surface area contributed by atoms with Crippen molar-refractivity contribution in [1.82, 2.24) is 9.21 Å². The Morgan fingerprint density at radius 3 is 2.56 bits per heavy atom. The number of fused-ring (bicyclic) bond motifs is 1. The molecule has 0 radical (unpaired) electrons.